The molecule has 8 nitrogen and oxygen atoms in total. The second-order valence-corrected chi connectivity index (χ2v) is 11.3. The van der Waals surface area contributed by atoms with E-state index < -0.39 is 10.0 Å². The van der Waals surface area contributed by atoms with Gasteiger partial charge in [0.05, 0.1) is 22.2 Å². The van der Waals surface area contributed by atoms with Crippen molar-refractivity contribution in [3.63, 3.8) is 0 Å². The molecule has 0 spiro atoms. The Bertz CT molecular complexity index is 1220. The third-order valence-electron chi connectivity index (χ3n) is 5.47. The Balaban J connectivity index is 1.90. The molecule has 34 heavy (non-hydrogen) atoms. The Hall–Kier alpha value is -2.53. The molecule has 1 amide bonds. The Labute approximate surface area is 205 Å². The predicted molar refractivity (Wildman–Crippen MR) is 138 cm³/mol. The van der Waals surface area contributed by atoms with Crippen molar-refractivity contribution < 1.29 is 17.9 Å². The van der Waals surface area contributed by atoms with Crippen LogP contribution in [0.1, 0.15) is 30.1 Å². The number of carbonyl (C=O) groups is 1. The van der Waals surface area contributed by atoms with Gasteiger partial charge in [0.2, 0.25) is 10.0 Å². The Morgan fingerprint density at radius 3 is 2.35 bits per heavy atom. The Morgan fingerprint density at radius 1 is 1.03 bits per heavy atom. The number of sulfonamides is 1. The van der Waals surface area contributed by atoms with Gasteiger partial charge < -0.3 is 9.64 Å². The van der Waals surface area contributed by atoms with E-state index in [0.29, 0.717) is 30.3 Å². The normalized spacial score (nSPS) is 12.0. The molecule has 2 aromatic carbocycles. The molecule has 0 aliphatic heterocycles. The second-order valence-electron chi connectivity index (χ2n) is 8.29. The number of ether oxygens (including phenoxy) is 1. The van der Waals surface area contributed by atoms with Gasteiger partial charge in [-0.1, -0.05) is 24.7 Å². The number of hydrogen-bond acceptors (Lipinski definition) is 7. The maximum atomic E-state index is 13.5. The fourth-order valence-electron chi connectivity index (χ4n) is 3.33. The highest BCUT2D eigenvalue weighted by molar-refractivity contribution is 7.89. The lowest BCUT2D eigenvalue weighted by Gasteiger charge is -2.22. The van der Waals surface area contributed by atoms with Gasteiger partial charge in [0, 0.05) is 32.2 Å². The van der Waals surface area contributed by atoms with Crippen LogP contribution in [0, 0.1) is 0 Å². The number of nitrogens with zero attached hydrogens (tertiary/aromatic N) is 4. The molecule has 0 atom stereocenters. The molecule has 0 saturated heterocycles. The molecule has 3 aromatic rings. The molecule has 0 bridgehead atoms. The van der Waals surface area contributed by atoms with Crippen LogP contribution in [-0.2, 0) is 10.0 Å². The Kier molecular flexibility index (Phi) is 8.64. The maximum absolute atomic E-state index is 13.5. The zero-order chi connectivity index (χ0) is 24.9. The van der Waals surface area contributed by atoms with Crippen LogP contribution >= 0.6 is 11.3 Å². The SMILES string of the molecule is CCCCN(C)S(=O)(=O)c1ccc(C(=O)N(CCN(C)C)c2nc3ccc(OC)cc3s2)cc1. The number of unbranched alkanes of at least 4 members (excludes halogenated alkanes) is 1. The summed E-state index contributed by atoms with van der Waals surface area (Å²) in [5.74, 6) is 0.505. The van der Waals surface area contributed by atoms with Crippen LogP contribution in [0.3, 0.4) is 0 Å². The minimum absolute atomic E-state index is 0.176. The van der Waals surface area contributed by atoms with Gasteiger partial charge in [-0.25, -0.2) is 17.7 Å². The number of likely N-dealkylation sites (N-methyl/N-ethyl adjacent to an activating group) is 1. The van der Waals surface area contributed by atoms with Crippen LogP contribution in [-0.4, -0.2) is 76.4 Å². The first-order chi connectivity index (χ1) is 16.2. The molecule has 0 aliphatic carbocycles. The number of anilines is 1. The quantitative estimate of drug-likeness (QED) is 0.393. The van der Waals surface area contributed by atoms with Crippen LogP contribution in [0.2, 0.25) is 0 Å². The van der Waals surface area contributed by atoms with E-state index in [1.54, 1.807) is 31.2 Å². The first kappa shape index (κ1) is 26.1. The van der Waals surface area contributed by atoms with E-state index in [9.17, 15) is 13.2 Å². The van der Waals surface area contributed by atoms with Crippen molar-refractivity contribution in [1.29, 1.82) is 0 Å². The average molecular weight is 505 g/mol. The summed E-state index contributed by atoms with van der Waals surface area (Å²) < 4.78 is 33.2. The Morgan fingerprint density at radius 2 is 1.74 bits per heavy atom. The average Bonchev–Trinajstić information content (AvgIpc) is 3.25. The van der Waals surface area contributed by atoms with Gasteiger partial charge in [-0.2, -0.15) is 0 Å². The summed E-state index contributed by atoms with van der Waals surface area (Å²) >= 11 is 1.42. The number of aromatic nitrogens is 1. The summed E-state index contributed by atoms with van der Waals surface area (Å²) in [5, 5.41) is 0.589. The minimum Gasteiger partial charge on any atom is -0.497 e. The van der Waals surface area contributed by atoms with E-state index in [1.165, 1.54) is 27.8 Å². The number of hydrogen-bond donors (Lipinski definition) is 0. The number of methoxy groups -OCH3 is 1. The smallest absolute Gasteiger partial charge is 0.260 e. The molecule has 0 N–H and O–H groups in total. The lowest BCUT2D eigenvalue weighted by molar-refractivity contribution is 0.0985. The van der Waals surface area contributed by atoms with Crippen molar-refractivity contribution in [2.24, 2.45) is 0 Å². The summed E-state index contributed by atoms with van der Waals surface area (Å²) in [6, 6.07) is 11.8. The number of fused-ring (bicyclic) bond motifs is 1. The molecule has 0 unspecified atom stereocenters. The summed E-state index contributed by atoms with van der Waals surface area (Å²) in [7, 11) is 3.49. The molecule has 0 saturated carbocycles. The summed E-state index contributed by atoms with van der Waals surface area (Å²) in [6.07, 6.45) is 1.70. The van der Waals surface area contributed by atoms with Gasteiger partial charge in [0.15, 0.2) is 5.13 Å². The number of rotatable bonds is 11. The number of carbonyl (C=O) groups excluding carboxylic acids is 1. The van der Waals surface area contributed by atoms with Crippen molar-refractivity contribution in [3.8, 4) is 5.75 Å². The zero-order valence-electron chi connectivity index (χ0n) is 20.3. The number of thiazole rings is 1. The van der Waals surface area contributed by atoms with Crippen molar-refractivity contribution >= 4 is 42.6 Å². The van der Waals surface area contributed by atoms with Crippen LogP contribution in [0.5, 0.6) is 5.75 Å². The largest absolute Gasteiger partial charge is 0.497 e. The van der Waals surface area contributed by atoms with E-state index >= 15 is 0 Å². The second kappa shape index (κ2) is 11.3. The van der Waals surface area contributed by atoms with E-state index in [0.717, 1.165) is 28.8 Å². The van der Waals surface area contributed by atoms with Gasteiger partial charge in [0.1, 0.15) is 5.75 Å². The van der Waals surface area contributed by atoms with Gasteiger partial charge in [-0.05, 0) is 63.0 Å². The summed E-state index contributed by atoms with van der Waals surface area (Å²) in [4.78, 5) is 22.0. The third-order valence-corrected chi connectivity index (χ3v) is 8.38. The topological polar surface area (TPSA) is 83.1 Å². The summed E-state index contributed by atoms with van der Waals surface area (Å²) in [6.45, 7) is 3.58. The van der Waals surface area contributed by atoms with Crippen LogP contribution in [0.25, 0.3) is 10.2 Å². The lowest BCUT2D eigenvalue weighted by atomic mass is 10.2. The fraction of sp³-hybridized carbons (Fsp3) is 0.417. The third kappa shape index (κ3) is 5.93. The predicted octanol–water partition coefficient (Wildman–Crippen LogP) is 3.93. The zero-order valence-corrected chi connectivity index (χ0v) is 21.9. The molecule has 1 aromatic heterocycles. The highest BCUT2D eigenvalue weighted by Crippen LogP contribution is 2.32. The van der Waals surface area contributed by atoms with Crippen LogP contribution < -0.4 is 9.64 Å². The van der Waals surface area contributed by atoms with Gasteiger partial charge in [-0.15, -0.1) is 0 Å². The van der Waals surface area contributed by atoms with E-state index in [-0.39, 0.29) is 10.8 Å². The first-order valence-corrected chi connectivity index (χ1v) is 13.4. The van der Waals surface area contributed by atoms with E-state index in [1.807, 2.05) is 44.1 Å². The highest BCUT2D eigenvalue weighted by Gasteiger charge is 2.24. The van der Waals surface area contributed by atoms with Gasteiger partial charge in [0.25, 0.3) is 5.91 Å². The monoisotopic (exact) mass is 504 g/mol. The van der Waals surface area contributed by atoms with Crippen molar-refractivity contribution in [1.82, 2.24) is 14.2 Å². The summed E-state index contributed by atoms with van der Waals surface area (Å²) in [5.41, 5.74) is 1.20. The molecule has 10 heteroatoms. The van der Waals surface area contributed by atoms with Gasteiger partial charge in [-0.3, -0.25) is 9.69 Å². The highest BCUT2D eigenvalue weighted by atomic mass is 32.2. The molecule has 0 aliphatic rings. The molecule has 0 radical (unpaired) electrons. The van der Waals surface area contributed by atoms with Crippen molar-refractivity contribution in [3.05, 3.63) is 48.0 Å². The van der Waals surface area contributed by atoms with Crippen molar-refractivity contribution in [2.45, 2.75) is 24.7 Å². The molecular weight excluding hydrogens is 472 g/mol. The molecule has 0 fully saturated rings. The van der Waals surface area contributed by atoms with Crippen molar-refractivity contribution in [2.75, 3.05) is 52.8 Å². The lowest BCUT2D eigenvalue weighted by Crippen LogP contribution is -2.36. The molecule has 3 rings (SSSR count). The van der Waals surface area contributed by atoms with Crippen LogP contribution in [0.4, 0.5) is 5.13 Å². The number of benzene rings is 2. The molecule has 184 valence electrons. The van der Waals surface area contributed by atoms with Crippen LogP contribution in [0.15, 0.2) is 47.4 Å². The van der Waals surface area contributed by atoms with E-state index in [2.05, 4.69) is 4.98 Å². The standard InChI is InChI=1S/C24H32N4O4S2/c1-6-7-14-27(4)34(30,31)20-11-8-18(9-12-20)23(29)28(16-15-26(2)3)24-25-21-13-10-19(32-5)17-22(21)33-24/h8-13,17H,6-7,14-16H2,1-5H3. The fourth-order valence-corrected chi connectivity index (χ4v) is 5.55. The molecule has 1 heterocycles. The minimum atomic E-state index is -3.59. The van der Waals surface area contributed by atoms with E-state index in [4.69, 9.17) is 4.74 Å². The van der Waals surface area contributed by atoms with Gasteiger partial charge >= 0.3 is 0 Å². The number of amides is 1. The first-order valence-electron chi connectivity index (χ1n) is 11.1. The molecular formula is C24H32N4O4S2. The maximum Gasteiger partial charge on any atom is 0.260 e.